The van der Waals surface area contributed by atoms with Crippen LogP contribution in [0.1, 0.15) is 0 Å². The van der Waals surface area contributed by atoms with Gasteiger partial charge >= 0.3 is 0 Å². The van der Waals surface area contributed by atoms with Gasteiger partial charge in [0.25, 0.3) is 0 Å². The summed E-state index contributed by atoms with van der Waals surface area (Å²) in [5, 5.41) is 0. The van der Waals surface area contributed by atoms with E-state index in [1.165, 1.54) is 0 Å². The third-order valence-electron chi connectivity index (χ3n) is 2.13. The van der Waals surface area contributed by atoms with E-state index in [1.807, 2.05) is 35.0 Å². The largest absolute Gasteiger partial charge is 0.396 e. The summed E-state index contributed by atoms with van der Waals surface area (Å²) in [5.41, 5.74) is 7.63. The summed E-state index contributed by atoms with van der Waals surface area (Å²) in [7, 11) is 0. The molecule has 1 aromatic carbocycles. The Morgan fingerprint density at radius 1 is 1.35 bits per heavy atom. The molecule has 0 atom stereocenters. The normalized spacial score (nSPS) is 9.65. The molecule has 0 fully saturated rings. The highest BCUT2D eigenvalue weighted by atomic mass is 32.1. The van der Waals surface area contributed by atoms with Crippen molar-refractivity contribution in [3.8, 4) is 5.95 Å². The van der Waals surface area contributed by atoms with E-state index in [2.05, 4.69) is 32.9 Å². The number of fused-ring (bicyclic) bond motifs is 1. The van der Waals surface area contributed by atoms with E-state index in [-0.39, 0.29) is 0 Å². The smallest absolute Gasteiger partial charge is 0.213 e. The summed E-state index contributed by atoms with van der Waals surface area (Å²) in [6.45, 7) is 0. The fourth-order valence-electron chi connectivity index (χ4n) is 1.45. The van der Waals surface area contributed by atoms with Crippen molar-refractivity contribution in [2.24, 2.45) is 5.73 Å². The van der Waals surface area contributed by atoms with Gasteiger partial charge in [0.05, 0.1) is 16.5 Å². The van der Waals surface area contributed by atoms with Crippen molar-refractivity contribution in [2.75, 3.05) is 0 Å². The number of nitrogens with one attached hydrogen (secondary N) is 1. The first-order valence-corrected chi connectivity index (χ1v) is 5.40. The minimum Gasteiger partial charge on any atom is -0.396 e. The van der Waals surface area contributed by atoms with E-state index in [0.717, 1.165) is 22.5 Å². The molecule has 3 rings (SSSR count). The maximum absolute atomic E-state index is 4.54. The van der Waals surface area contributed by atoms with Gasteiger partial charge in [0.2, 0.25) is 5.95 Å². The molecule has 3 aromatic rings. The third-order valence-corrected chi connectivity index (χ3v) is 2.13. The van der Waals surface area contributed by atoms with Crippen molar-refractivity contribution in [3.05, 3.63) is 43.0 Å². The Labute approximate surface area is 103 Å². The number of aromatic nitrogens is 4. The number of H-pyrrole nitrogens is 1. The summed E-state index contributed by atoms with van der Waals surface area (Å²) in [6.07, 6.45) is 5.31. The summed E-state index contributed by atoms with van der Waals surface area (Å²) < 4.78 is 1.85. The van der Waals surface area contributed by atoms with Crippen LogP contribution in [-0.2, 0) is 0 Å². The molecular formula is C11H11N5S. The number of hydrogen-bond acceptors (Lipinski definition) is 3. The topological polar surface area (TPSA) is 72.5 Å². The second-order valence-electron chi connectivity index (χ2n) is 3.18. The monoisotopic (exact) mass is 245 g/mol. The molecule has 0 radical (unpaired) electrons. The highest BCUT2D eigenvalue weighted by Gasteiger charge is 2.01. The maximum atomic E-state index is 4.54. The molecule has 0 saturated heterocycles. The molecule has 0 spiro atoms. The van der Waals surface area contributed by atoms with Crippen LogP contribution in [0.4, 0.5) is 0 Å². The third kappa shape index (κ3) is 2.48. The van der Waals surface area contributed by atoms with Gasteiger partial charge in [-0.05, 0) is 12.1 Å². The maximum Gasteiger partial charge on any atom is 0.213 e. The van der Waals surface area contributed by atoms with Crippen LogP contribution >= 0.6 is 12.2 Å². The molecule has 5 nitrogen and oxygen atoms in total. The number of nitrogens with two attached hydrogens (primary N) is 1. The number of aromatic amines is 1. The van der Waals surface area contributed by atoms with Crippen LogP contribution in [0.25, 0.3) is 17.0 Å². The number of para-hydroxylation sites is 2. The number of imidazole rings is 2. The highest BCUT2D eigenvalue weighted by Crippen LogP contribution is 2.12. The van der Waals surface area contributed by atoms with Gasteiger partial charge in [0, 0.05) is 12.4 Å². The summed E-state index contributed by atoms with van der Waals surface area (Å²) >= 11 is 4.05. The molecule has 0 amide bonds. The number of hydrogen-bond donors (Lipinski definition) is 2. The Hall–Kier alpha value is -2.21. The molecule has 0 unspecified atom stereocenters. The zero-order valence-corrected chi connectivity index (χ0v) is 9.76. The standard InChI is InChI=1S/C10H8N4.CH3NS/c1-2-4-9-8(3-1)12-10(13-9)14-6-5-11-7-14;2-1-3/h1-7H,(H,12,13);1H,(H2,2,3). The van der Waals surface area contributed by atoms with Crippen molar-refractivity contribution in [3.63, 3.8) is 0 Å². The average molecular weight is 245 g/mol. The van der Waals surface area contributed by atoms with E-state index in [1.54, 1.807) is 12.5 Å². The van der Waals surface area contributed by atoms with Gasteiger partial charge in [-0.3, -0.25) is 4.57 Å². The fourth-order valence-corrected chi connectivity index (χ4v) is 1.45. The van der Waals surface area contributed by atoms with Gasteiger partial charge in [-0.2, -0.15) is 0 Å². The lowest BCUT2D eigenvalue weighted by molar-refractivity contribution is 0.967. The Kier molecular flexibility index (Phi) is 3.46. The van der Waals surface area contributed by atoms with Crippen LogP contribution in [0.5, 0.6) is 0 Å². The molecule has 0 aliphatic rings. The Morgan fingerprint density at radius 2 is 2.12 bits per heavy atom. The Balaban J connectivity index is 0.000000329. The van der Waals surface area contributed by atoms with Crippen LogP contribution in [0.3, 0.4) is 0 Å². The van der Waals surface area contributed by atoms with Gasteiger partial charge in [-0.15, -0.1) is 0 Å². The van der Waals surface area contributed by atoms with E-state index in [4.69, 9.17) is 0 Å². The highest BCUT2D eigenvalue weighted by molar-refractivity contribution is 7.78. The first kappa shape index (κ1) is 11.3. The van der Waals surface area contributed by atoms with Crippen molar-refractivity contribution in [1.29, 1.82) is 0 Å². The zero-order chi connectivity index (χ0) is 12.1. The first-order chi connectivity index (χ1) is 8.35. The number of benzene rings is 1. The molecule has 0 aliphatic heterocycles. The lowest BCUT2D eigenvalue weighted by Gasteiger charge is -1.91. The van der Waals surface area contributed by atoms with Crippen LogP contribution in [0.2, 0.25) is 0 Å². The Morgan fingerprint density at radius 3 is 2.76 bits per heavy atom. The lowest BCUT2D eigenvalue weighted by Crippen LogP contribution is -1.91. The van der Waals surface area contributed by atoms with Gasteiger partial charge in [-0.25, -0.2) is 9.97 Å². The number of nitrogens with zero attached hydrogens (tertiary/aromatic N) is 3. The van der Waals surface area contributed by atoms with E-state index in [9.17, 15) is 0 Å². The number of thiocarbonyl (C=S) groups is 1. The minimum atomic E-state index is 0.795. The van der Waals surface area contributed by atoms with Gasteiger partial charge < -0.3 is 10.7 Å². The van der Waals surface area contributed by atoms with Crippen molar-refractivity contribution in [2.45, 2.75) is 0 Å². The van der Waals surface area contributed by atoms with Gasteiger partial charge in [-0.1, -0.05) is 24.4 Å². The molecular weight excluding hydrogens is 234 g/mol. The predicted molar refractivity (Wildman–Crippen MR) is 71.1 cm³/mol. The van der Waals surface area contributed by atoms with Gasteiger partial charge in [0.15, 0.2) is 0 Å². The van der Waals surface area contributed by atoms with E-state index in [0.29, 0.717) is 0 Å². The average Bonchev–Trinajstić information content (AvgIpc) is 2.99. The van der Waals surface area contributed by atoms with E-state index < -0.39 is 0 Å². The molecule has 0 aliphatic carbocycles. The predicted octanol–water partition coefficient (Wildman–Crippen LogP) is 1.65. The minimum absolute atomic E-state index is 0.795. The van der Waals surface area contributed by atoms with Crippen molar-refractivity contribution in [1.82, 2.24) is 19.5 Å². The van der Waals surface area contributed by atoms with E-state index >= 15 is 0 Å². The van der Waals surface area contributed by atoms with Crippen LogP contribution in [0, 0.1) is 0 Å². The molecule has 6 heteroatoms. The second-order valence-corrected chi connectivity index (χ2v) is 3.46. The fraction of sp³-hybridized carbons (Fsp3) is 0. The molecule has 2 heterocycles. The Bertz CT molecular complexity index is 566. The molecule has 3 N–H and O–H groups in total. The summed E-state index contributed by atoms with van der Waals surface area (Å²) in [6, 6.07) is 7.94. The first-order valence-electron chi connectivity index (χ1n) is 4.93. The van der Waals surface area contributed by atoms with Crippen LogP contribution in [-0.4, -0.2) is 25.0 Å². The number of rotatable bonds is 1. The quantitative estimate of drug-likeness (QED) is 0.639. The SMILES string of the molecule is NC=S.c1ccc2[nH]c(-n3ccnc3)nc2c1. The summed E-state index contributed by atoms with van der Waals surface area (Å²) in [5.74, 6) is 0.795. The molecule has 17 heavy (non-hydrogen) atoms. The molecule has 0 bridgehead atoms. The van der Waals surface area contributed by atoms with Crippen LogP contribution < -0.4 is 5.73 Å². The molecule has 0 saturated carbocycles. The zero-order valence-electron chi connectivity index (χ0n) is 8.95. The van der Waals surface area contributed by atoms with Crippen LogP contribution in [0.15, 0.2) is 43.0 Å². The summed E-state index contributed by atoms with van der Waals surface area (Å²) in [4.78, 5) is 11.6. The van der Waals surface area contributed by atoms with Crippen molar-refractivity contribution < 1.29 is 0 Å². The lowest BCUT2D eigenvalue weighted by atomic mass is 10.3. The second kappa shape index (κ2) is 5.22. The van der Waals surface area contributed by atoms with Gasteiger partial charge in [0.1, 0.15) is 6.33 Å². The molecule has 86 valence electrons. The van der Waals surface area contributed by atoms with Crippen molar-refractivity contribution >= 4 is 28.7 Å². The molecule has 2 aromatic heterocycles.